The van der Waals surface area contributed by atoms with Crippen LogP contribution in [0.1, 0.15) is 51.1 Å². The van der Waals surface area contributed by atoms with Crippen molar-refractivity contribution in [3.8, 4) is 5.75 Å². The van der Waals surface area contributed by atoms with Crippen molar-refractivity contribution in [2.24, 2.45) is 0 Å². The molecule has 17 heteroatoms. The Morgan fingerprint density at radius 1 is 0.953 bits per heavy atom. The number of hydrogen-bond acceptors (Lipinski definition) is 8. The number of rotatable bonds is 13. The van der Waals surface area contributed by atoms with E-state index in [-0.39, 0.29) is 49.7 Å². The second kappa shape index (κ2) is 13.8. The van der Waals surface area contributed by atoms with Crippen LogP contribution in [0.2, 0.25) is 0 Å². The Balaban J connectivity index is 1.20. The number of aromatic nitrogens is 7. The first-order valence-electron chi connectivity index (χ1n) is 12.9. The van der Waals surface area contributed by atoms with Crippen LogP contribution >= 0.6 is 0 Å². The SMILES string of the molecule is C[C@H](F)Oc1cccc(CNC(=O)c2cn(CCC(F)Cn3cc(C(=O)NCc4cc(C(F)(F)F)ccn4)nn3)nn2)c1. The molecule has 0 aliphatic rings. The third kappa shape index (κ3) is 9.27. The highest BCUT2D eigenvalue weighted by Crippen LogP contribution is 2.29. The largest absolute Gasteiger partial charge is 0.461 e. The molecule has 0 spiro atoms. The zero-order chi connectivity index (χ0) is 31.0. The number of benzene rings is 1. The zero-order valence-electron chi connectivity index (χ0n) is 22.6. The molecule has 0 radical (unpaired) electrons. The Morgan fingerprint density at radius 2 is 1.63 bits per heavy atom. The highest BCUT2D eigenvalue weighted by atomic mass is 19.4. The van der Waals surface area contributed by atoms with Gasteiger partial charge < -0.3 is 15.4 Å². The van der Waals surface area contributed by atoms with E-state index in [1.807, 2.05) is 0 Å². The van der Waals surface area contributed by atoms with Crippen molar-refractivity contribution in [1.82, 2.24) is 45.6 Å². The minimum absolute atomic E-state index is 0.00197. The molecule has 2 N–H and O–H groups in total. The maximum absolute atomic E-state index is 14.6. The fraction of sp³-hybridized carbons (Fsp3) is 0.346. The van der Waals surface area contributed by atoms with E-state index < -0.39 is 36.1 Å². The lowest BCUT2D eigenvalue weighted by molar-refractivity contribution is -0.137. The fourth-order valence-electron chi connectivity index (χ4n) is 3.77. The van der Waals surface area contributed by atoms with Gasteiger partial charge in [-0.1, -0.05) is 22.6 Å². The number of hydrogen-bond donors (Lipinski definition) is 2. The molecule has 4 aromatic rings. The number of nitrogens with one attached hydrogen (secondary N) is 2. The van der Waals surface area contributed by atoms with Crippen molar-refractivity contribution in [2.75, 3.05) is 0 Å². The van der Waals surface area contributed by atoms with Gasteiger partial charge in [-0.05, 0) is 29.8 Å². The molecule has 0 bridgehead atoms. The molecule has 0 saturated carbocycles. The Hall–Kier alpha value is -4.96. The van der Waals surface area contributed by atoms with Gasteiger partial charge >= 0.3 is 6.18 Å². The van der Waals surface area contributed by atoms with E-state index in [1.54, 1.807) is 24.3 Å². The van der Waals surface area contributed by atoms with Crippen molar-refractivity contribution in [2.45, 2.75) is 58.2 Å². The van der Waals surface area contributed by atoms with Crippen LogP contribution < -0.4 is 15.4 Å². The predicted octanol–water partition coefficient (Wildman–Crippen LogP) is 3.27. The average molecular weight is 608 g/mol. The molecule has 3 heterocycles. The van der Waals surface area contributed by atoms with E-state index in [1.165, 1.54) is 24.0 Å². The van der Waals surface area contributed by atoms with Gasteiger partial charge in [0.1, 0.15) is 11.9 Å². The summed E-state index contributed by atoms with van der Waals surface area (Å²) in [6.45, 7) is 0.971. The molecule has 0 fully saturated rings. The van der Waals surface area contributed by atoms with E-state index in [0.717, 1.165) is 23.0 Å². The van der Waals surface area contributed by atoms with E-state index in [2.05, 4.69) is 36.2 Å². The van der Waals surface area contributed by atoms with Crippen LogP contribution in [0, 0.1) is 0 Å². The number of carbonyl (C=O) groups is 2. The number of nitrogens with zero attached hydrogens (tertiary/aromatic N) is 7. The number of carbonyl (C=O) groups excluding carboxylic acids is 2. The number of pyridine rings is 1. The molecule has 0 aliphatic heterocycles. The van der Waals surface area contributed by atoms with Gasteiger partial charge in [0.2, 0.25) is 6.36 Å². The van der Waals surface area contributed by atoms with Crippen LogP contribution in [0.3, 0.4) is 0 Å². The van der Waals surface area contributed by atoms with Crippen LogP contribution in [0.4, 0.5) is 22.0 Å². The summed E-state index contributed by atoms with van der Waals surface area (Å²) >= 11 is 0. The molecule has 43 heavy (non-hydrogen) atoms. The predicted molar refractivity (Wildman–Crippen MR) is 139 cm³/mol. The monoisotopic (exact) mass is 607 g/mol. The zero-order valence-corrected chi connectivity index (χ0v) is 22.6. The van der Waals surface area contributed by atoms with Crippen molar-refractivity contribution in [3.05, 3.63) is 83.2 Å². The lowest BCUT2D eigenvalue weighted by atomic mass is 10.2. The standard InChI is InChI=1S/C26H26F5N9O3/c1-16(27)43-21-4-2-3-17(9-21)11-33-24(41)22-14-39(37-35-22)8-6-19(28)13-40-15-23(36-38-40)25(42)34-12-20-10-18(5-7-32-20)26(29,30)31/h2-5,7,9-10,14-16,19H,6,8,11-13H2,1H3,(H,33,41)(H,34,42)/t16-,19?/m1/s1. The van der Waals surface area contributed by atoms with Gasteiger partial charge in [-0.3, -0.25) is 19.3 Å². The van der Waals surface area contributed by atoms with Crippen molar-refractivity contribution in [3.63, 3.8) is 0 Å². The maximum atomic E-state index is 14.6. The summed E-state index contributed by atoms with van der Waals surface area (Å²) in [5, 5.41) is 20.1. The van der Waals surface area contributed by atoms with Gasteiger partial charge in [-0.2, -0.15) is 13.2 Å². The normalized spacial score (nSPS) is 12.9. The summed E-state index contributed by atoms with van der Waals surface area (Å²) in [6, 6.07) is 8.23. The number of ether oxygens (including phenoxy) is 1. The van der Waals surface area contributed by atoms with Gasteiger partial charge in [0.25, 0.3) is 11.8 Å². The molecule has 1 aromatic carbocycles. The van der Waals surface area contributed by atoms with E-state index in [4.69, 9.17) is 4.74 Å². The third-order valence-corrected chi connectivity index (χ3v) is 5.82. The molecule has 0 saturated heterocycles. The highest BCUT2D eigenvalue weighted by Gasteiger charge is 2.30. The summed E-state index contributed by atoms with van der Waals surface area (Å²) in [5.41, 5.74) is -0.343. The number of aryl methyl sites for hydroxylation is 1. The molecule has 1 unspecified atom stereocenters. The summed E-state index contributed by atoms with van der Waals surface area (Å²) in [5.74, 6) is -0.902. The Labute approximate surface area is 241 Å². The van der Waals surface area contributed by atoms with E-state index in [0.29, 0.717) is 11.3 Å². The molecule has 12 nitrogen and oxygen atoms in total. The number of halogens is 5. The second-order valence-corrected chi connectivity index (χ2v) is 9.29. The van der Waals surface area contributed by atoms with Crippen LogP contribution in [0.25, 0.3) is 0 Å². The lowest BCUT2D eigenvalue weighted by Gasteiger charge is -2.09. The summed E-state index contributed by atoms with van der Waals surface area (Å²) < 4.78 is 73.6. The number of alkyl halides is 5. The molecule has 0 aliphatic carbocycles. The highest BCUT2D eigenvalue weighted by molar-refractivity contribution is 5.92. The quantitative estimate of drug-likeness (QED) is 0.221. The third-order valence-electron chi connectivity index (χ3n) is 5.82. The number of amides is 2. The van der Waals surface area contributed by atoms with Crippen molar-refractivity contribution < 1.29 is 36.3 Å². The molecule has 3 aromatic heterocycles. The summed E-state index contributed by atoms with van der Waals surface area (Å²) in [4.78, 5) is 28.5. The topological polar surface area (TPSA) is 142 Å². The second-order valence-electron chi connectivity index (χ2n) is 9.29. The average Bonchev–Trinajstić information content (AvgIpc) is 3.63. The Morgan fingerprint density at radius 3 is 2.33 bits per heavy atom. The first kappa shape index (κ1) is 31.0. The Bertz CT molecular complexity index is 1540. The first-order chi connectivity index (χ1) is 20.5. The molecular weight excluding hydrogens is 581 g/mol. The first-order valence-corrected chi connectivity index (χ1v) is 12.9. The van der Waals surface area contributed by atoms with E-state index in [9.17, 15) is 31.5 Å². The minimum Gasteiger partial charge on any atom is -0.461 e. The van der Waals surface area contributed by atoms with Gasteiger partial charge in [0, 0.05) is 32.6 Å². The maximum Gasteiger partial charge on any atom is 0.416 e. The van der Waals surface area contributed by atoms with Crippen molar-refractivity contribution in [1.29, 1.82) is 0 Å². The smallest absolute Gasteiger partial charge is 0.416 e. The lowest BCUT2D eigenvalue weighted by Crippen LogP contribution is -2.24. The van der Waals surface area contributed by atoms with Crippen LogP contribution in [0.15, 0.2) is 55.0 Å². The molecule has 2 atom stereocenters. The minimum atomic E-state index is -4.54. The molecule has 228 valence electrons. The molecule has 2 amide bonds. The van der Waals surface area contributed by atoms with Gasteiger partial charge in [0.05, 0.1) is 36.7 Å². The van der Waals surface area contributed by atoms with Gasteiger partial charge in [-0.15, -0.1) is 10.2 Å². The fourth-order valence-corrected chi connectivity index (χ4v) is 3.77. The van der Waals surface area contributed by atoms with Crippen LogP contribution in [-0.4, -0.2) is 59.3 Å². The van der Waals surface area contributed by atoms with Crippen LogP contribution in [0.5, 0.6) is 5.75 Å². The van der Waals surface area contributed by atoms with Gasteiger partial charge in [0.15, 0.2) is 11.4 Å². The Kier molecular flexibility index (Phi) is 9.95. The molecule has 4 rings (SSSR count). The molecular formula is C26H26F5N9O3. The van der Waals surface area contributed by atoms with Gasteiger partial charge in [-0.25, -0.2) is 13.5 Å². The summed E-state index contributed by atoms with van der Waals surface area (Å²) in [6.07, 6.45) is -3.90. The summed E-state index contributed by atoms with van der Waals surface area (Å²) in [7, 11) is 0. The van der Waals surface area contributed by atoms with Crippen molar-refractivity contribution >= 4 is 11.8 Å². The van der Waals surface area contributed by atoms with Crippen LogP contribution in [-0.2, 0) is 32.4 Å². The van der Waals surface area contributed by atoms with E-state index >= 15 is 0 Å².